The molecule has 3 rings (SSSR count). The number of benzene rings is 1. The number of ether oxygens (including phenoxy) is 2. The molecule has 1 aromatic rings. The molecule has 1 aliphatic carbocycles. The fourth-order valence-electron chi connectivity index (χ4n) is 3.76. The van der Waals surface area contributed by atoms with Gasteiger partial charge in [-0.3, -0.25) is 4.79 Å². The van der Waals surface area contributed by atoms with E-state index < -0.39 is 0 Å². The molecule has 1 aliphatic heterocycles. The first kappa shape index (κ1) is 17.1. The smallest absolute Gasteiger partial charge is 0.254 e. The number of likely N-dealkylation sites (tertiary alicyclic amines) is 1. The molecule has 1 aromatic carbocycles. The summed E-state index contributed by atoms with van der Waals surface area (Å²) in [5.74, 6) is 1.41. The second-order valence-electron chi connectivity index (χ2n) is 7.02. The molecule has 0 radical (unpaired) electrons. The average Bonchev–Trinajstić information content (AvgIpc) is 3.07. The van der Waals surface area contributed by atoms with Gasteiger partial charge < -0.3 is 20.1 Å². The number of carbonyl (C=O) groups is 1. The zero-order chi connectivity index (χ0) is 17.1. The third-order valence-electron chi connectivity index (χ3n) is 5.18. The quantitative estimate of drug-likeness (QED) is 0.920. The number of nitrogens with two attached hydrogens (primary N) is 1. The molecule has 24 heavy (non-hydrogen) atoms. The molecule has 132 valence electrons. The molecule has 0 aromatic heterocycles. The number of hydrogen-bond acceptors (Lipinski definition) is 4. The Bertz CT molecular complexity index is 584. The number of amides is 1. The van der Waals surface area contributed by atoms with Gasteiger partial charge in [0, 0.05) is 24.2 Å². The van der Waals surface area contributed by atoms with Crippen molar-refractivity contribution in [2.45, 2.75) is 63.6 Å². The molecule has 2 fully saturated rings. The van der Waals surface area contributed by atoms with Crippen LogP contribution in [0, 0.1) is 0 Å². The number of rotatable bonds is 4. The summed E-state index contributed by atoms with van der Waals surface area (Å²) < 4.78 is 11.5. The summed E-state index contributed by atoms with van der Waals surface area (Å²) >= 11 is 0. The molecule has 0 bridgehead atoms. The first-order valence-electron chi connectivity index (χ1n) is 8.99. The molecule has 2 atom stereocenters. The maximum atomic E-state index is 12.8. The van der Waals surface area contributed by atoms with Crippen molar-refractivity contribution in [3.8, 4) is 11.5 Å². The average molecular weight is 332 g/mol. The van der Waals surface area contributed by atoms with E-state index in [4.69, 9.17) is 15.2 Å². The number of hydrogen-bond donors (Lipinski definition) is 1. The molecule has 1 heterocycles. The maximum absolute atomic E-state index is 12.8. The zero-order valence-electron chi connectivity index (χ0n) is 14.7. The fourth-order valence-corrected chi connectivity index (χ4v) is 3.76. The van der Waals surface area contributed by atoms with Crippen molar-refractivity contribution in [1.82, 2.24) is 4.90 Å². The van der Waals surface area contributed by atoms with E-state index in [9.17, 15) is 4.79 Å². The van der Waals surface area contributed by atoms with Gasteiger partial charge in [0.05, 0.1) is 13.2 Å². The summed E-state index contributed by atoms with van der Waals surface area (Å²) in [7, 11) is 1.62. The highest BCUT2D eigenvalue weighted by atomic mass is 16.5. The molecule has 0 unspecified atom stereocenters. The summed E-state index contributed by atoms with van der Waals surface area (Å²) in [6.45, 7) is 2.77. The highest BCUT2D eigenvalue weighted by molar-refractivity contribution is 5.95. The van der Waals surface area contributed by atoms with Gasteiger partial charge in [-0.2, -0.15) is 0 Å². The first-order chi connectivity index (χ1) is 11.6. The van der Waals surface area contributed by atoms with Crippen LogP contribution in [-0.4, -0.2) is 42.6 Å². The summed E-state index contributed by atoms with van der Waals surface area (Å²) in [6, 6.07) is 5.87. The lowest BCUT2D eigenvalue weighted by Crippen LogP contribution is -2.48. The summed E-state index contributed by atoms with van der Waals surface area (Å²) in [4.78, 5) is 14.7. The van der Waals surface area contributed by atoms with E-state index >= 15 is 0 Å². The number of carbonyl (C=O) groups excluding carboxylic acids is 1. The van der Waals surface area contributed by atoms with Crippen molar-refractivity contribution >= 4 is 5.91 Å². The van der Waals surface area contributed by atoms with Crippen LogP contribution < -0.4 is 15.2 Å². The summed E-state index contributed by atoms with van der Waals surface area (Å²) in [5.41, 5.74) is 6.64. The van der Waals surface area contributed by atoms with Crippen molar-refractivity contribution in [2.24, 2.45) is 5.73 Å². The van der Waals surface area contributed by atoms with Gasteiger partial charge in [0.25, 0.3) is 5.91 Å². The molecule has 0 spiro atoms. The molecule has 1 saturated carbocycles. The molecular weight excluding hydrogens is 304 g/mol. The van der Waals surface area contributed by atoms with Crippen molar-refractivity contribution < 1.29 is 14.3 Å². The maximum Gasteiger partial charge on any atom is 0.254 e. The van der Waals surface area contributed by atoms with Gasteiger partial charge >= 0.3 is 0 Å². The van der Waals surface area contributed by atoms with Crippen LogP contribution in [0.5, 0.6) is 11.5 Å². The van der Waals surface area contributed by atoms with Crippen molar-refractivity contribution in [3.05, 3.63) is 23.8 Å². The SMILES string of the molecule is COc1cc(C(=O)N2CC[C@H](N)C[C@H]2C)ccc1OC1CCCC1. The minimum atomic E-state index is 0.0418. The Balaban J connectivity index is 1.74. The van der Waals surface area contributed by atoms with Gasteiger partial charge in [-0.25, -0.2) is 0 Å². The minimum Gasteiger partial charge on any atom is -0.493 e. The van der Waals surface area contributed by atoms with E-state index in [-0.39, 0.29) is 24.1 Å². The fraction of sp³-hybridized carbons (Fsp3) is 0.632. The van der Waals surface area contributed by atoms with Crippen LogP contribution in [0.4, 0.5) is 0 Å². The highest BCUT2D eigenvalue weighted by Crippen LogP contribution is 2.33. The lowest BCUT2D eigenvalue weighted by Gasteiger charge is -2.36. The van der Waals surface area contributed by atoms with Crippen LogP contribution in [0.2, 0.25) is 0 Å². The van der Waals surface area contributed by atoms with Crippen LogP contribution in [0.1, 0.15) is 55.8 Å². The Morgan fingerprint density at radius 1 is 1.21 bits per heavy atom. The molecule has 2 aliphatic rings. The lowest BCUT2D eigenvalue weighted by molar-refractivity contribution is 0.0618. The van der Waals surface area contributed by atoms with E-state index in [0.29, 0.717) is 17.9 Å². The Kier molecular flexibility index (Phi) is 5.29. The molecule has 1 saturated heterocycles. The van der Waals surface area contributed by atoms with Crippen LogP contribution >= 0.6 is 0 Å². The van der Waals surface area contributed by atoms with E-state index in [2.05, 4.69) is 6.92 Å². The Morgan fingerprint density at radius 3 is 2.62 bits per heavy atom. The number of nitrogens with zero attached hydrogens (tertiary/aromatic N) is 1. The standard InChI is InChI=1S/C19H28N2O3/c1-13-11-15(20)9-10-21(13)19(22)14-7-8-17(18(12-14)23-2)24-16-5-3-4-6-16/h7-8,12-13,15-16H,3-6,9-11,20H2,1-2H3/t13-,15+/m1/s1. The second-order valence-corrected chi connectivity index (χ2v) is 7.02. The van der Waals surface area contributed by atoms with Gasteiger partial charge in [0.15, 0.2) is 11.5 Å². The van der Waals surface area contributed by atoms with Crippen LogP contribution in [0.25, 0.3) is 0 Å². The molecular formula is C19H28N2O3. The van der Waals surface area contributed by atoms with Gasteiger partial charge in [-0.05, 0) is 63.6 Å². The lowest BCUT2D eigenvalue weighted by atomic mass is 9.98. The first-order valence-corrected chi connectivity index (χ1v) is 8.99. The van der Waals surface area contributed by atoms with Crippen molar-refractivity contribution in [2.75, 3.05) is 13.7 Å². The predicted octanol–water partition coefficient (Wildman–Crippen LogP) is 2.97. The van der Waals surface area contributed by atoms with E-state index in [1.807, 2.05) is 17.0 Å². The number of piperidine rings is 1. The minimum absolute atomic E-state index is 0.0418. The van der Waals surface area contributed by atoms with E-state index in [1.165, 1.54) is 12.8 Å². The summed E-state index contributed by atoms with van der Waals surface area (Å²) in [6.07, 6.45) is 6.60. The van der Waals surface area contributed by atoms with Crippen molar-refractivity contribution in [3.63, 3.8) is 0 Å². The van der Waals surface area contributed by atoms with Gasteiger partial charge in [-0.1, -0.05) is 0 Å². The summed E-state index contributed by atoms with van der Waals surface area (Å²) in [5, 5.41) is 0. The normalized spacial score (nSPS) is 24.9. The zero-order valence-corrected chi connectivity index (χ0v) is 14.7. The van der Waals surface area contributed by atoms with Gasteiger partial charge in [-0.15, -0.1) is 0 Å². The van der Waals surface area contributed by atoms with Crippen LogP contribution in [0.15, 0.2) is 18.2 Å². The number of methoxy groups -OCH3 is 1. The van der Waals surface area contributed by atoms with Crippen LogP contribution in [-0.2, 0) is 0 Å². The van der Waals surface area contributed by atoms with E-state index in [1.54, 1.807) is 13.2 Å². The third-order valence-corrected chi connectivity index (χ3v) is 5.18. The van der Waals surface area contributed by atoms with Gasteiger partial charge in [0.2, 0.25) is 0 Å². The Hall–Kier alpha value is -1.75. The second kappa shape index (κ2) is 7.43. The molecule has 1 amide bonds. The molecule has 5 nitrogen and oxygen atoms in total. The third kappa shape index (κ3) is 3.66. The Labute approximate surface area is 144 Å². The largest absolute Gasteiger partial charge is 0.493 e. The molecule has 2 N–H and O–H groups in total. The van der Waals surface area contributed by atoms with Crippen molar-refractivity contribution in [1.29, 1.82) is 0 Å². The van der Waals surface area contributed by atoms with Gasteiger partial charge in [0.1, 0.15) is 0 Å². The molecule has 5 heteroatoms. The van der Waals surface area contributed by atoms with E-state index in [0.717, 1.165) is 31.4 Å². The predicted molar refractivity (Wildman–Crippen MR) is 93.6 cm³/mol. The van der Waals surface area contributed by atoms with Crippen LogP contribution in [0.3, 0.4) is 0 Å². The monoisotopic (exact) mass is 332 g/mol. The Morgan fingerprint density at radius 2 is 1.96 bits per heavy atom. The topological polar surface area (TPSA) is 64.8 Å². The highest BCUT2D eigenvalue weighted by Gasteiger charge is 2.28.